The first-order chi connectivity index (χ1) is 12.2. The first-order valence-electron chi connectivity index (χ1n) is 9.26. The van der Waals surface area contributed by atoms with E-state index in [0.717, 1.165) is 56.0 Å². The Labute approximate surface area is 148 Å². The van der Waals surface area contributed by atoms with Crippen molar-refractivity contribution in [3.63, 3.8) is 0 Å². The molecule has 4 rings (SSSR count). The molecule has 25 heavy (non-hydrogen) atoms. The molecule has 0 unspecified atom stereocenters. The molecule has 0 radical (unpaired) electrons. The lowest BCUT2D eigenvalue weighted by atomic mass is 10.1. The molecular formula is C20H25N3O2. The predicted molar refractivity (Wildman–Crippen MR) is 95.2 cm³/mol. The third-order valence-corrected chi connectivity index (χ3v) is 5.28. The fourth-order valence-corrected chi connectivity index (χ4v) is 4.03. The average Bonchev–Trinajstić information content (AvgIpc) is 3.35. The number of likely N-dealkylation sites (tertiary alicyclic amines) is 2. The number of rotatable bonds is 4. The van der Waals surface area contributed by atoms with Gasteiger partial charge in [-0.25, -0.2) is 0 Å². The Morgan fingerprint density at radius 1 is 1.20 bits per heavy atom. The summed E-state index contributed by atoms with van der Waals surface area (Å²) in [5, 5.41) is 4.13. The molecule has 0 N–H and O–H groups in total. The molecule has 2 saturated heterocycles. The number of aromatic nitrogens is 1. The molecule has 2 aliphatic heterocycles. The van der Waals surface area contributed by atoms with Gasteiger partial charge in [0.25, 0.3) is 5.91 Å². The van der Waals surface area contributed by atoms with E-state index in [1.807, 2.05) is 30.0 Å². The van der Waals surface area contributed by atoms with Gasteiger partial charge in [0, 0.05) is 24.7 Å². The summed E-state index contributed by atoms with van der Waals surface area (Å²) in [5.74, 6) is 0.897. The van der Waals surface area contributed by atoms with Gasteiger partial charge in [-0.1, -0.05) is 17.3 Å². The van der Waals surface area contributed by atoms with Crippen LogP contribution in [0, 0.1) is 6.92 Å². The van der Waals surface area contributed by atoms with Gasteiger partial charge in [-0.15, -0.1) is 0 Å². The number of hydrogen-bond donors (Lipinski definition) is 0. The lowest BCUT2D eigenvalue weighted by Crippen LogP contribution is -2.30. The summed E-state index contributed by atoms with van der Waals surface area (Å²) in [4.78, 5) is 17.5. The van der Waals surface area contributed by atoms with E-state index in [1.165, 1.54) is 18.4 Å². The zero-order chi connectivity index (χ0) is 17.2. The lowest BCUT2D eigenvalue weighted by Gasteiger charge is -2.23. The van der Waals surface area contributed by atoms with Crippen LogP contribution in [0.2, 0.25) is 0 Å². The highest BCUT2D eigenvalue weighted by Gasteiger charge is 2.32. The van der Waals surface area contributed by atoms with Gasteiger partial charge in [0.2, 0.25) is 0 Å². The van der Waals surface area contributed by atoms with Crippen molar-refractivity contribution in [2.75, 3.05) is 19.6 Å². The number of amides is 1. The number of carbonyl (C=O) groups excluding carboxylic acids is 1. The van der Waals surface area contributed by atoms with Gasteiger partial charge in [-0.3, -0.25) is 9.69 Å². The highest BCUT2D eigenvalue weighted by atomic mass is 16.5. The fraction of sp³-hybridized carbons (Fsp3) is 0.500. The van der Waals surface area contributed by atoms with Crippen LogP contribution in [0.15, 0.2) is 34.9 Å². The van der Waals surface area contributed by atoms with E-state index in [0.29, 0.717) is 0 Å². The molecule has 5 nitrogen and oxygen atoms in total. The van der Waals surface area contributed by atoms with E-state index in [1.54, 1.807) is 0 Å². The normalized spacial score (nSPS) is 21.2. The number of aryl methyl sites for hydroxylation is 1. The van der Waals surface area contributed by atoms with E-state index < -0.39 is 0 Å². The van der Waals surface area contributed by atoms with Gasteiger partial charge in [-0.2, -0.15) is 0 Å². The number of hydrogen-bond acceptors (Lipinski definition) is 4. The summed E-state index contributed by atoms with van der Waals surface area (Å²) in [6.45, 7) is 5.94. The summed E-state index contributed by atoms with van der Waals surface area (Å²) < 4.78 is 5.21. The van der Waals surface area contributed by atoms with Crippen LogP contribution < -0.4 is 0 Å². The minimum Gasteiger partial charge on any atom is -0.361 e. The third kappa shape index (κ3) is 3.47. The SMILES string of the molecule is Cc1cc([C@H]2CCCN2C(=O)c2cccc(CN3CCCC3)c2)no1. The molecule has 0 bridgehead atoms. The molecule has 1 aromatic carbocycles. The van der Waals surface area contributed by atoms with E-state index in [9.17, 15) is 4.79 Å². The van der Waals surface area contributed by atoms with E-state index in [2.05, 4.69) is 22.2 Å². The quantitative estimate of drug-likeness (QED) is 0.855. The molecule has 2 aliphatic rings. The van der Waals surface area contributed by atoms with Crippen LogP contribution in [-0.2, 0) is 6.54 Å². The summed E-state index contributed by atoms with van der Waals surface area (Å²) in [6, 6.07) is 10.1. The highest BCUT2D eigenvalue weighted by molar-refractivity contribution is 5.94. The molecule has 2 fully saturated rings. The van der Waals surface area contributed by atoms with Gasteiger partial charge in [0.1, 0.15) is 11.5 Å². The number of nitrogens with zero attached hydrogens (tertiary/aromatic N) is 3. The summed E-state index contributed by atoms with van der Waals surface area (Å²) >= 11 is 0. The van der Waals surface area contributed by atoms with Crippen molar-refractivity contribution >= 4 is 5.91 Å². The van der Waals surface area contributed by atoms with Crippen molar-refractivity contribution in [2.24, 2.45) is 0 Å². The predicted octanol–water partition coefficient (Wildman–Crippen LogP) is 3.56. The molecule has 2 aromatic rings. The largest absolute Gasteiger partial charge is 0.361 e. The van der Waals surface area contributed by atoms with Crippen LogP contribution >= 0.6 is 0 Å². The van der Waals surface area contributed by atoms with Gasteiger partial charge < -0.3 is 9.42 Å². The molecule has 1 amide bonds. The molecule has 3 heterocycles. The average molecular weight is 339 g/mol. The zero-order valence-electron chi connectivity index (χ0n) is 14.8. The van der Waals surface area contributed by atoms with Crippen LogP contribution in [0.25, 0.3) is 0 Å². The highest BCUT2D eigenvalue weighted by Crippen LogP contribution is 2.32. The zero-order valence-corrected chi connectivity index (χ0v) is 14.8. The van der Waals surface area contributed by atoms with Gasteiger partial charge >= 0.3 is 0 Å². The Kier molecular flexibility index (Phi) is 4.57. The molecule has 5 heteroatoms. The van der Waals surface area contributed by atoms with Crippen LogP contribution in [0.4, 0.5) is 0 Å². The van der Waals surface area contributed by atoms with Gasteiger partial charge in [-0.05, 0) is 63.4 Å². The Morgan fingerprint density at radius 2 is 2.04 bits per heavy atom. The smallest absolute Gasteiger partial charge is 0.254 e. The second-order valence-electron chi connectivity index (χ2n) is 7.20. The van der Waals surface area contributed by atoms with Gasteiger partial charge in [0.05, 0.1) is 6.04 Å². The molecule has 0 spiro atoms. The molecule has 1 atom stereocenters. The second kappa shape index (κ2) is 7.00. The van der Waals surface area contributed by atoms with E-state index in [-0.39, 0.29) is 11.9 Å². The van der Waals surface area contributed by atoms with Crippen molar-refractivity contribution < 1.29 is 9.32 Å². The minimum atomic E-state index is 0.0344. The maximum atomic E-state index is 13.1. The summed E-state index contributed by atoms with van der Waals surface area (Å²) in [6.07, 6.45) is 4.53. The van der Waals surface area contributed by atoms with Crippen LogP contribution in [0.1, 0.15) is 59.1 Å². The van der Waals surface area contributed by atoms with Crippen molar-refractivity contribution in [1.29, 1.82) is 0 Å². The molecule has 132 valence electrons. The van der Waals surface area contributed by atoms with Crippen molar-refractivity contribution in [1.82, 2.24) is 15.0 Å². The van der Waals surface area contributed by atoms with E-state index >= 15 is 0 Å². The minimum absolute atomic E-state index is 0.0344. The molecular weight excluding hydrogens is 314 g/mol. The topological polar surface area (TPSA) is 49.6 Å². The van der Waals surface area contributed by atoms with Gasteiger partial charge in [0.15, 0.2) is 0 Å². The number of benzene rings is 1. The third-order valence-electron chi connectivity index (χ3n) is 5.28. The maximum Gasteiger partial charge on any atom is 0.254 e. The molecule has 0 saturated carbocycles. The maximum absolute atomic E-state index is 13.1. The summed E-state index contributed by atoms with van der Waals surface area (Å²) in [5.41, 5.74) is 2.88. The van der Waals surface area contributed by atoms with Crippen molar-refractivity contribution in [3.8, 4) is 0 Å². The van der Waals surface area contributed by atoms with Crippen molar-refractivity contribution in [2.45, 2.75) is 45.2 Å². The fourth-order valence-electron chi connectivity index (χ4n) is 4.03. The Morgan fingerprint density at radius 3 is 2.80 bits per heavy atom. The monoisotopic (exact) mass is 339 g/mol. The van der Waals surface area contributed by atoms with Crippen LogP contribution in [-0.4, -0.2) is 40.5 Å². The number of carbonyl (C=O) groups is 1. The standard InChI is InChI=1S/C20H25N3O2/c1-15-12-18(21-25-15)19-8-5-11-23(19)20(24)17-7-4-6-16(13-17)14-22-9-2-3-10-22/h4,6-7,12-13,19H,2-3,5,8-11,14H2,1H3/t19-/m1/s1. The Bertz CT molecular complexity index is 749. The Balaban J connectivity index is 1.51. The molecule has 1 aromatic heterocycles. The first-order valence-corrected chi connectivity index (χ1v) is 9.26. The summed E-state index contributed by atoms with van der Waals surface area (Å²) in [7, 11) is 0. The molecule has 0 aliphatic carbocycles. The van der Waals surface area contributed by atoms with Crippen LogP contribution in [0.3, 0.4) is 0 Å². The van der Waals surface area contributed by atoms with Crippen LogP contribution in [0.5, 0.6) is 0 Å². The lowest BCUT2D eigenvalue weighted by molar-refractivity contribution is 0.0730. The van der Waals surface area contributed by atoms with Crippen molar-refractivity contribution in [3.05, 3.63) is 52.9 Å². The van der Waals surface area contributed by atoms with E-state index in [4.69, 9.17) is 4.52 Å². The first kappa shape index (κ1) is 16.3. The Hall–Kier alpha value is -2.14. The second-order valence-corrected chi connectivity index (χ2v) is 7.20.